The number of anilines is 1. The zero-order valence-electron chi connectivity index (χ0n) is 23.5. The smallest absolute Gasteiger partial charge is 0.264 e. The van der Waals surface area contributed by atoms with Gasteiger partial charge >= 0.3 is 0 Å². The van der Waals surface area contributed by atoms with Gasteiger partial charge in [-0.25, -0.2) is 18.1 Å². The number of aromatic nitrogens is 2. The molecular weight excluding hydrogens is 524 g/mol. The summed E-state index contributed by atoms with van der Waals surface area (Å²) in [6.07, 6.45) is 5.18. The zero-order valence-corrected chi connectivity index (χ0v) is 24.3. The third-order valence-corrected chi connectivity index (χ3v) is 9.87. The molecule has 8 nitrogen and oxygen atoms in total. The summed E-state index contributed by atoms with van der Waals surface area (Å²) < 4.78 is 35.8. The highest BCUT2D eigenvalue weighted by Gasteiger charge is 2.56. The van der Waals surface area contributed by atoms with Crippen molar-refractivity contribution in [1.82, 2.24) is 14.9 Å². The fraction of sp³-hybridized carbons (Fsp3) is 0.452. The van der Waals surface area contributed by atoms with E-state index in [0.717, 1.165) is 36.0 Å². The molecule has 2 heterocycles. The second-order valence-corrected chi connectivity index (χ2v) is 13.9. The van der Waals surface area contributed by atoms with Crippen LogP contribution in [0.2, 0.25) is 0 Å². The first-order valence-electron chi connectivity index (χ1n) is 14.1. The number of carbonyl (C=O) groups is 1. The first-order chi connectivity index (χ1) is 19.0. The molecule has 40 heavy (non-hydrogen) atoms. The lowest BCUT2D eigenvalue weighted by atomic mass is 9.75. The number of nitrogens with zero attached hydrogens (tertiary/aromatic N) is 3. The fourth-order valence-electron chi connectivity index (χ4n) is 6.35. The lowest BCUT2D eigenvalue weighted by Gasteiger charge is -2.47. The minimum absolute atomic E-state index is 0. The van der Waals surface area contributed by atoms with Crippen LogP contribution >= 0.6 is 0 Å². The highest BCUT2D eigenvalue weighted by Crippen LogP contribution is 2.62. The quantitative estimate of drug-likeness (QED) is 0.419. The Hall–Kier alpha value is -3.46. The fourth-order valence-corrected chi connectivity index (χ4v) is 7.34. The number of nitrogens with one attached hydrogen (secondary N) is 1. The van der Waals surface area contributed by atoms with Crippen LogP contribution in [0.4, 0.5) is 5.95 Å². The van der Waals surface area contributed by atoms with Crippen molar-refractivity contribution in [3.8, 4) is 17.1 Å². The second kappa shape index (κ2) is 9.87. The topological polar surface area (TPSA) is 101 Å². The van der Waals surface area contributed by atoms with Crippen LogP contribution in [0.15, 0.2) is 53.4 Å². The average molecular weight is 563 g/mol. The minimum Gasteiger partial charge on any atom is -0.475 e. The summed E-state index contributed by atoms with van der Waals surface area (Å²) in [6, 6.07) is 13.9. The standard InChI is InChI=1S/C31H36N4O4S.H2/c1-19(2)13-23-18-39-27-15-26(28-20(3)7-5-8-21(28)4)32-30(33-27)34-40(37,38)25-10-6-9-22(14-25)29(36)35(23)24-16-31(17-24)11-12-31;/h5-10,14-15,19,23-24H,11-13,16-18H2,1-4H3,(H,32,33,34);1H/t23-;/m1./s1. The Morgan fingerprint density at radius 2 is 1.77 bits per heavy atom. The van der Waals surface area contributed by atoms with Gasteiger partial charge in [0.05, 0.1) is 16.6 Å². The molecule has 0 saturated heterocycles. The first kappa shape index (κ1) is 26.7. The van der Waals surface area contributed by atoms with Gasteiger partial charge in [0.2, 0.25) is 11.8 Å². The van der Waals surface area contributed by atoms with Crippen molar-refractivity contribution in [3.63, 3.8) is 0 Å². The van der Waals surface area contributed by atoms with Crippen molar-refractivity contribution >= 4 is 21.9 Å². The van der Waals surface area contributed by atoms with Gasteiger partial charge in [-0.1, -0.05) is 38.1 Å². The monoisotopic (exact) mass is 562 g/mol. The van der Waals surface area contributed by atoms with E-state index in [4.69, 9.17) is 4.74 Å². The maximum absolute atomic E-state index is 14.1. The largest absolute Gasteiger partial charge is 0.475 e. The predicted octanol–water partition coefficient (Wildman–Crippen LogP) is 6.00. The first-order valence-corrected chi connectivity index (χ1v) is 15.6. The van der Waals surface area contributed by atoms with E-state index in [2.05, 4.69) is 28.5 Å². The Morgan fingerprint density at radius 3 is 2.45 bits per heavy atom. The molecule has 2 saturated carbocycles. The number of hydrogen-bond acceptors (Lipinski definition) is 6. The van der Waals surface area contributed by atoms with Crippen LogP contribution in [-0.2, 0) is 10.0 Å². The summed E-state index contributed by atoms with van der Waals surface area (Å²) in [5.41, 5.74) is 4.25. The van der Waals surface area contributed by atoms with Crippen LogP contribution < -0.4 is 9.46 Å². The highest BCUT2D eigenvalue weighted by atomic mass is 32.2. The molecule has 1 N–H and O–H groups in total. The van der Waals surface area contributed by atoms with Crippen molar-refractivity contribution < 1.29 is 19.4 Å². The number of carbonyl (C=O) groups excluding carboxylic acids is 1. The summed E-state index contributed by atoms with van der Waals surface area (Å²) >= 11 is 0. The van der Waals surface area contributed by atoms with E-state index in [0.29, 0.717) is 22.6 Å². The SMILES string of the molecule is Cc1cccc(C)c1-c1cc2nc(n1)NS(=O)(=O)c1cccc(c1)C(=O)N(C1CC3(CC3)C1)[C@H](CC(C)C)CO2.[HH]. The molecule has 0 unspecified atom stereocenters. The van der Waals surface area contributed by atoms with Gasteiger partial charge in [-0.2, -0.15) is 4.98 Å². The Kier molecular flexibility index (Phi) is 6.60. The molecule has 3 aliphatic rings. The normalized spacial score (nSPS) is 21.5. The van der Waals surface area contributed by atoms with Crippen molar-refractivity contribution in [2.24, 2.45) is 11.3 Å². The number of fused-ring (bicyclic) bond motifs is 4. The maximum atomic E-state index is 14.1. The molecule has 9 heteroatoms. The molecule has 3 aromatic rings. The molecule has 1 aliphatic heterocycles. The third kappa shape index (κ3) is 5.07. The zero-order chi connectivity index (χ0) is 28.2. The van der Waals surface area contributed by atoms with Gasteiger partial charge < -0.3 is 9.64 Å². The Morgan fingerprint density at radius 1 is 1.07 bits per heavy atom. The highest BCUT2D eigenvalue weighted by molar-refractivity contribution is 7.92. The lowest BCUT2D eigenvalue weighted by Crippen LogP contribution is -2.55. The molecule has 2 aliphatic carbocycles. The van der Waals surface area contributed by atoms with Crippen LogP contribution in [0.3, 0.4) is 0 Å². The molecule has 4 bridgehead atoms. The molecule has 1 spiro atoms. The van der Waals surface area contributed by atoms with Gasteiger partial charge in [0.15, 0.2) is 0 Å². The molecule has 2 aromatic carbocycles. The molecule has 1 atom stereocenters. The van der Waals surface area contributed by atoms with Gasteiger partial charge in [-0.15, -0.1) is 0 Å². The van der Waals surface area contributed by atoms with Crippen LogP contribution in [0.5, 0.6) is 5.88 Å². The van der Waals surface area contributed by atoms with Gasteiger partial charge in [-0.05, 0) is 86.6 Å². The Balaban J connectivity index is 0.00000337. The molecule has 0 radical (unpaired) electrons. The van der Waals surface area contributed by atoms with Crippen LogP contribution in [-0.4, -0.2) is 47.9 Å². The van der Waals surface area contributed by atoms with Crippen LogP contribution in [0, 0.1) is 25.2 Å². The van der Waals surface area contributed by atoms with Gasteiger partial charge in [0.1, 0.15) is 6.61 Å². The van der Waals surface area contributed by atoms with Crippen molar-refractivity contribution in [2.45, 2.75) is 76.8 Å². The third-order valence-electron chi connectivity index (χ3n) is 8.54. The number of amides is 1. The van der Waals surface area contributed by atoms with Crippen molar-refractivity contribution in [1.29, 1.82) is 0 Å². The molecular formula is C31H38N4O4S. The predicted molar refractivity (Wildman–Crippen MR) is 156 cm³/mol. The number of benzene rings is 2. The number of rotatable bonds is 4. The summed E-state index contributed by atoms with van der Waals surface area (Å²) in [7, 11) is -4.07. The molecule has 6 rings (SSSR count). The Bertz CT molecular complexity index is 1560. The van der Waals surface area contributed by atoms with Crippen LogP contribution in [0.25, 0.3) is 11.3 Å². The van der Waals surface area contributed by atoms with Gasteiger partial charge in [0, 0.05) is 24.7 Å². The van der Waals surface area contributed by atoms with E-state index in [1.54, 1.807) is 18.2 Å². The maximum Gasteiger partial charge on any atom is 0.264 e. The van der Waals surface area contributed by atoms with E-state index in [-0.39, 0.29) is 42.7 Å². The van der Waals surface area contributed by atoms with Gasteiger partial charge in [0.25, 0.3) is 15.9 Å². The molecule has 1 amide bonds. The van der Waals surface area contributed by atoms with E-state index in [1.165, 1.54) is 25.0 Å². The molecule has 1 aromatic heterocycles. The summed E-state index contributed by atoms with van der Waals surface area (Å²) in [6.45, 7) is 8.53. The van der Waals surface area contributed by atoms with E-state index >= 15 is 0 Å². The second-order valence-electron chi connectivity index (χ2n) is 12.2. The molecule has 212 valence electrons. The van der Waals surface area contributed by atoms with E-state index in [1.807, 2.05) is 36.9 Å². The van der Waals surface area contributed by atoms with Crippen molar-refractivity contribution in [3.05, 3.63) is 65.2 Å². The summed E-state index contributed by atoms with van der Waals surface area (Å²) in [4.78, 5) is 25.1. The summed E-state index contributed by atoms with van der Waals surface area (Å²) in [5, 5.41) is 0. The average Bonchev–Trinajstić information content (AvgIpc) is 3.67. The van der Waals surface area contributed by atoms with E-state index in [9.17, 15) is 13.2 Å². The summed E-state index contributed by atoms with van der Waals surface area (Å²) in [5.74, 6) is 0.372. The Labute approximate surface area is 237 Å². The number of aryl methyl sites for hydroxylation is 2. The van der Waals surface area contributed by atoms with Crippen LogP contribution in [0.1, 0.15) is 68.9 Å². The lowest BCUT2D eigenvalue weighted by molar-refractivity contribution is 0.00919. The van der Waals surface area contributed by atoms with Crippen molar-refractivity contribution in [2.75, 3.05) is 11.3 Å². The number of ether oxygens (including phenoxy) is 1. The number of sulfonamides is 1. The van der Waals surface area contributed by atoms with E-state index < -0.39 is 10.0 Å². The number of hydrogen-bond donors (Lipinski definition) is 1. The molecule has 2 fully saturated rings. The minimum atomic E-state index is -4.07. The van der Waals surface area contributed by atoms with Gasteiger partial charge in [-0.3, -0.25) is 4.79 Å².